The number of carboxylic acid groups (broad SMARTS) is 1. The number of ether oxygens (including phenoxy) is 1. The van der Waals surface area contributed by atoms with Crippen molar-refractivity contribution in [1.29, 1.82) is 0 Å². The Balaban J connectivity index is 1.81. The number of benzene rings is 1. The van der Waals surface area contributed by atoms with Gasteiger partial charge in [0.1, 0.15) is 6.04 Å². The van der Waals surface area contributed by atoms with Gasteiger partial charge < -0.3 is 20.5 Å². The summed E-state index contributed by atoms with van der Waals surface area (Å²) in [5.74, 6) is -1.50. The first-order valence-corrected chi connectivity index (χ1v) is 8.72. The first-order chi connectivity index (χ1) is 12.0. The fourth-order valence-electron chi connectivity index (χ4n) is 2.45. The molecular weight excluding hydrogens is 369 g/mol. The molecule has 7 nitrogen and oxygen atoms in total. The summed E-state index contributed by atoms with van der Waals surface area (Å²) in [7, 11) is 0. The summed E-state index contributed by atoms with van der Waals surface area (Å²) in [6, 6.07) is 3.71. The van der Waals surface area contributed by atoms with Gasteiger partial charge in [-0.2, -0.15) is 0 Å². The van der Waals surface area contributed by atoms with Crippen molar-refractivity contribution in [3.8, 4) is 0 Å². The van der Waals surface area contributed by atoms with E-state index in [-0.39, 0.29) is 6.42 Å². The molecule has 1 aromatic carbocycles. The molecule has 138 valence electrons. The van der Waals surface area contributed by atoms with Gasteiger partial charge in [0, 0.05) is 31.2 Å². The highest BCUT2D eigenvalue weighted by molar-refractivity contribution is 6.36. The average Bonchev–Trinajstić information content (AvgIpc) is 2.57. The van der Waals surface area contributed by atoms with Crippen LogP contribution in [0.1, 0.15) is 6.42 Å². The molecule has 1 aromatic rings. The van der Waals surface area contributed by atoms with Gasteiger partial charge in [0.15, 0.2) is 0 Å². The van der Waals surface area contributed by atoms with Crippen molar-refractivity contribution in [2.75, 3.05) is 44.7 Å². The van der Waals surface area contributed by atoms with Gasteiger partial charge in [-0.15, -0.1) is 0 Å². The van der Waals surface area contributed by atoms with Crippen LogP contribution in [0, 0.1) is 0 Å². The molecule has 1 heterocycles. The van der Waals surface area contributed by atoms with Gasteiger partial charge >= 0.3 is 5.97 Å². The molecule has 1 amide bonds. The molecule has 1 aliphatic heterocycles. The van der Waals surface area contributed by atoms with E-state index in [0.29, 0.717) is 42.0 Å². The minimum atomic E-state index is -1.07. The highest BCUT2D eigenvalue weighted by Crippen LogP contribution is 2.25. The van der Waals surface area contributed by atoms with E-state index in [2.05, 4.69) is 15.5 Å². The fraction of sp³-hybridized carbons (Fsp3) is 0.500. The van der Waals surface area contributed by atoms with E-state index in [1.165, 1.54) is 6.07 Å². The molecule has 3 N–H and O–H groups in total. The van der Waals surface area contributed by atoms with Crippen molar-refractivity contribution in [3.63, 3.8) is 0 Å². The number of morpholine rings is 1. The summed E-state index contributed by atoms with van der Waals surface area (Å²) < 4.78 is 5.26. The van der Waals surface area contributed by atoms with Crippen molar-refractivity contribution < 1.29 is 19.4 Å². The van der Waals surface area contributed by atoms with Crippen molar-refractivity contribution in [3.05, 3.63) is 28.2 Å². The molecule has 0 bridgehead atoms. The van der Waals surface area contributed by atoms with Crippen molar-refractivity contribution in [2.45, 2.75) is 12.5 Å². The predicted molar refractivity (Wildman–Crippen MR) is 96.4 cm³/mol. The summed E-state index contributed by atoms with van der Waals surface area (Å²) in [6.45, 7) is 4.22. The van der Waals surface area contributed by atoms with Crippen LogP contribution in [0.3, 0.4) is 0 Å². The molecule has 1 atom stereocenters. The number of anilines is 1. The Morgan fingerprint density at radius 2 is 2.00 bits per heavy atom. The molecular formula is C16H21Cl2N3O4. The number of aliphatic carboxylic acids is 1. The standard InChI is InChI=1S/C16H21Cl2N3O4/c17-11-1-2-13(12(18)9-11)20-15(22)10-14(16(23)24)19-3-4-21-5-7-25-8-6-21/h1-2,9,14,19H,3-8,10H2,(H,20,22)(H,23,24)/t14-/m0/s1. The van der Waals surface area contributed by atoms with Crippen LogP contribution in [0.15, 0.2) is 18.2 Å². The molecule has 0 aliphatic carbocycles. The lowest BCUT2D eigenvalue weighted by molar-refractivity contribution is -0.141. The number of carbonyl (C=O) groups excluding carboxylic acids is 1. The number of amides is 1. The minimum Gasteiger partial charge on any atom is -0.480 e. The molecule has 9 heteroatoms. The monoisotopic (exact) mass is 389 g/mol. The van der Waals surface area contributed by atoms with Crippen LogP contribution in [0.25, 0.3) is 0 Å². The van der Waals surface area contributed by atoms with Crippen molar-refractivity contribution in [1.82, 2.24) is 10.2 Å². The third-order valence-electron chi connectivity index (χ3n) is 3.82. The van der Waals surface area contributed by atoms with Crippen LogP contribution in [0.2, 0.25) is 10.0 Å². The second-order valence-electron chi connectivity index (χ2n) is 5.68. The second kappa shape index (κ2) is 9.94. The van der Waals surface area contributed by atoms with Gasteiger partial charge in [-0.05, 0) is 18.2 Å². The number of carboxylic acids is 1. The number of rotatable bonds is 8. The smallest absolute Gasteiger partial charge is 0.321 e. The van der Waals surface area contributed by atoms with E-state index in [0.717, 1.165) is 13.1 Å². The van der Waals surface area contributed by atoms with Crippen LogP contribution in [0.4, 0.5) is 5.69 Å². The summed E-state index contributed by atoms with van der Waals surface area (Å²) in [4.78, 5) is 25.6. The van der Waals surface area contributed by atoms with Crippen molar-refractivity contribution in [2.24, 2.45) is 0 Å². The van der Waals surface area contributed by atoms with Gasteiger partial charge in [0.05, 0.1) is 30.3 Å². The van der Waals surface area contributed by atoms with Crippen LogP contribution in [-0.2, 0) is 14.3 Å². The van der Waals surface area contributed by atoms with Gasteiger partial charge in [-0.3, -0.25) is 14.5 Å². The van der Waals surface area contributed by atoms with E-state index < -0.39 is 17.9 Å². The maximum absolute atomic E-state index is 12.1. The number of hydrogen-bond donors (Lipinski definition) is 3. The van der Waals surface area contributed by atoms with Crippen LogP contribution in [0.5, 0.6) is 0 Å². The van der Waals surface area contributed by atoms with Crippen LogP contribution >= 0.6 is 23.2 Å². The summed E-state index contributed by atoms with van der Waals surface area (Å²) in [6.07, 6.45) is -0.197. The molecule has 1 fully saturated rings. The third-order valence-corrected chi connectivity index (χ3v) is 4.36. The Morgan fingerprint density at radius 3 is 2.64 bits per heavy atom. The SMILES string of the molecule is O=C(C[C@H](NCCN1CCOCC1)C(=O)O)Nc1ccc(Cl)cc1Cl. The number of carbonyl (C=O) groups is 2. The first kappa shape index (κ1) is 19.9. The molecule has 0 radical (unpaired) electrons. The molecule has 1 saturated heterocycles. The fourth-order valence-corrected chi connectivity index (χ4v) is 2.90. The van der Waals surface area contributed by atoms with E-state index in [1.54, 1.807) is 12.1 Å². The zero-order valence-corrected chi connectivity index (χ0v) is 15.1. The Bertz CT molecular complexity index is 609. The number of nitrogens with zero attached hydrogens (tertiary/aromatic N) is 1. The first-order valence-electron chi connectivity index (χ1n) is 7.97. The van der Waals surface area contributed by atoms with E-state index >= 15 is 0 Å². The summed E-state index contributed by atoms with van der Waals surface area (Å²) in [5, 5.41) is 15.6. The Hall–Kier alpha value is -1.38. The second-order valence-corrected chi connectivity index (χ2v) is 6.52. The summed E-state index contributed by atoms with van der Waals surface area (Å²) >= 11 is 11.8. The molecule has 1 aliphatic rings. The normalized spacial score (nSPS) is 16.4. The van der Waals surface area contributed by atoms with Gasteiger partial charge in [-0.25, -0.2) is 0 Å². The van der Waals surface area contributed by atoms with Gasteiger partial charge in [0.25, 0.3) is 0 Å². The predicted octanol–water partition coefficient (Wildman–Crippen LogP) is 1.70. The van der Waals surface area contributed by atoms with Crippen LogP contribution in [-0.4, -0.2) is 67.3 Å². The highest BCUT2D eigenvalue weighted by atomic mass is 35.5. The number of hydrogen-bond acceptors (Lipinski definition) is 5. The lowest BCUT2D eigenvalue weighted by Gasteiger charge is -2.27. The topological polar surface area (TPSA) is 90.9 Å². The van der Waals surface area contributed by atoms with E-state index in [1.807, 2.05) is 0 Å². The zero-order chi connectivity index (χ0) is 18.2. The Labute approximate surface area is 156 Å². The van der Waals surface area contributed by atoms with Gasteiger partial charge in [0.2, 0.25) is 5.91 Å². The molecule has 0 aromatic heterocycles. The average molecular weight is 390 g/mol. The quantitative estimate of drug-likeness (QED) is 0.626. The highest BCUT2D eigenvalue weighted by Gasteiger charge is 2.21. The number of nitrogens with one attached hydrogen (secondary N) is 2. The van der Waals surface area contributed by atoms with Crippen LogP contribution < -0.4 is 10.6 Å². The van der Waals surface area contributed by atoms with E-state index in [9.17, 15) is 14.7 Å². The molecule has 0 spiro atoms. The molecule has 25 heavy (non-hydrogen) atoms. The Morgan fingerprint density at radius 1 is 1.28 bits per heavy atom. The zero-order valence-electron chi connectivity index (χ0n) is 13.6. The minimum absolute atomic E-state index is 0.197. The van der Waals surface area contributed by atoms with Gasteiger partial charge in [-0.1, -0.05) is 23.2 Å². The number of halogens is 2. The lowest BCUT2D eigenvalue weighted by Crippen LogP contribution is -2.45. The maximum atomic E-state index is 12.1. The molecule has 0 saturated carbocycles. The maximum Gasteiger partial charge on any atom is 0.321 e. The molecule has 2 rings (SSSR count). The third kappa shape index (κ3) is 6.80. The molecule has 0 unspecified atom stereocenters. The Kier molecular flexibility index (Phi) is 7.92. The lowest BCUT2D eigenvalue weighted by atomic mass is 10.2. The van der Waals surface area contributed by atoms with E-state index in [4.69, 9.17) is 27.9 Å². The van der Waals surface area contributed by atoms with Crippen molar-refractivity contribution >= 4 is 40.8 Å². The largest absolute Gasteiger partial charge is 0.480 e. The summed E-state index contributed by atoms with van der Waals surface area (Å²) in [5.41, 5.74) is 0.397.